The van der Waals surface area contributed by atoms with Crippen molar-refractivity contribution in [2.24, 2.45) is 0 Å². The van der Waals surface area contributed by atoms with Gasteiger partial charge in [0.15, 0.2) is 5.82 Å². The largest absolute Gasteiger partial charge is 0.345 e. The molecule has 0 fully saturated rings. The van der Waals surface area contributed by atoms with Crippen molar-refractivity contribution in [1.82, 2.24) is 20.1 Å². The van der Waals surface area contributed by atoms with Crippen LogP contribution in [0.3, 0.4) is 0 Å². The van der Waals surface area contributed by atoms with Crippen LogP contribution in [0.2, 0.25) is 10.0 Å². The van der Waals surface area contributed by atoms with Gasteiger partial charge in [0.2, 0.25) is 0 Å². The lowest BCUT2D eigenvalue weighted by molar-refractivity contribution is 0.0949. The Morgan fingerprint density at radius 3 is 2.39 bits per heavy atom. The highest BCUT2D eigenvalue weighted by molar-refractivity contribution is 6.35. The van der Waals surface area contributed by atoms with Crippen LogP contribution in [0.5, 0.6) is 0 Å². The molecule has 2 N–H and O–H groups in total. The van der Waals surface area contributed by atoms with Crippen LogP contribution < -0.4 is 10.6 Å². The number of nitrogens with zero attached hydrogens (tertiary/aromatic N) is 3. The molecule has 0 unspecified atom stereocenters. The highest BCUT2D eigenvalue weighted by atomic mass is 35.5. The van der Waals surface area contributed by atoms with E-state index < -0.39 is 0 Å². The van der Waals surface area contributed by atoms with Crippen LogP contribution in [0.1, 0.15) is 51.6 Å². The molecule has 0 aliphatic carbocycles. The summed E-state index contributed by atoms with van der Waals surface area (Å²) in [7, 11) is 0. The number of halogens is 2. The average Bonchev–Trinajstić information content (AvgIpc) is 2.97. The van der Waals surface area contributed by atoms with Gasteiger partial charge in [0.1, 0.15) is 5.82 Å². The summed E-state index contributed by atoms with van der Waals surface area (Å²) in [4.78, 5) is 24.9. The number of hydrogen-bond acceptors (Lipinski definition) is 4. The number of aryl methyl sites for hydroxylation is 1. The van der Waals surface area contributed by atoms with Gasteiger partial charge in [-0.2, -0.15) is 0 Å². The Morgan fingerprint density at radius 1 is 0.903 bits per heavy atom. The van der Waals surface area contributed by atoms with Gasteiger partial charge in [-0.05, 0) is 55.3 Å². The van der Waals surface area contributed by atoms with Crippen molar-refractivity contribution in [3.8, 4) is 0 Å². The monoisotopic (exact) mass is 457 g/mol. The van der Waals surface area contributed by atoms with Crippen molar-refractivity contribution in [1.29, 1.82) is 0 Å². The fourth-order valence-electron chi connectivity index (χ4n) is 3.53. The van der Waals surface area contributed by atoms with Gasteiger partial charge in [0.25, 0.3) is 11.8 Å². The van der Waals surface area contributed by atoms with Crippen LogP contribution in [0.25, 0.3) is 0 Å². The molecule has 0 spiro atoms. The fraction of sp³-hybridized carbons (Fsp3) is 0.273. The number of rotatable bonds is 5. The number of amides is 2. The van der Waals surface area contributed by atoms with Gasteiger partial charge in [0, 0.05) is 39.8 Å². The molecule has 160 valence electrons. The Labute approximate surface area is 189 Å². The maximum atomic E-state index is 12.5. The molecule has 0 saturated carbocycles. The Kier molecular flexibility index (Phi) is 6.53. The fourth-order valence-corrected chi connectivity index (χ4v) is 4.06. The number of anilines is 1. The molecule has 1 aromatic heterocycles. The second kappa shape index (κ2) is 9.49. The SMILES string of the molecule is O=C(NCc1nnc2n1CCCCC2)c1ccc(NC(=O)c2cc(Cl)cc(Cl)c2)cc1. The molecule has 2 amide bonds. The molecule has 3 aromatic rings. The third kappa shape index (κ3) is 5.24. The number of benzene rings is 2. The highest BCUT2D eigenvalue weighted by Crippen LogP contribution is 2.20. The molecule has 4 rings (SSSR count). The van der Waals surface area contributed by atoms with Crippen LogP contribution in [-0.2, 0) is 19.5 Å². The Morgan fingerprint density at radius 2 is 1.65 bits per heavy atom. The van der Waals surface area contributed by atoms with Crippen LogP contribution in [0.4, 0.5) is 5.69 Å². The molecular weight excluding hydrogens is 437 g/mol. The molecule has 2 heterocycles. The lowest BCUT2D eigenvalue weighted by Gasteiger charge is -2.09. The molecular formula is C22H21Cl2N5O2. The van der Waals surface area contributed by atoms with Crippen LogP contribution >= 0.6 is 23.2 Å². The van der Waals surface area contributed by atoms with E-state index in [-0.39, 0.29) is 11.8 Å². The smallest absolute Gasteiger partial charge is 0.255 e. The predicted octanol–water partition coefficient (Wildman–Crippen LogP) is 4.49. The lowest BCUT2D eigenvalue weighted by atomic mass is 10.1. The summed E-state index contributed by atoms with van der Waals surface area (Å²) >= 11 is 11.9. The summed E-state index contributed by atoms with van der Waals surface area (Å²) in [6.07, 6.45) is 4.33. The van der Waals surface area contributed by atoms with Crippen molar-refractivity contribution in [3.63, 3.8) is 0 Å². The summed E-state index contributed by atoms with van der Waals surface area (Å²) in [5, 5.41) is 14.9. The van der Waals surface area contributed by atoms with Crippen molar-refractivity contribution in [2.45, 2.75) is 38.8 Å². The van der Waals surface area contributed by atoms with Gasteiger partial charge < -0.3 is 15.2 Å². The van der Waals surface area contributed by atoms with E-state index in [2.05, 4.69) is 25.4 Å². The standard InChI is InChI=1S/C22H21Cl2N5O2/c23-16-10-15(11-17(24)12-16)22(31)26-18-7-5-14(6-8-18)21(30)25-13-20-28-27-19-4-2-1-3-9-29(19)20/h5-8,10-12H,1-4,9,13H2,(H,25,30)(H,26,31). The van der Waals surface area contributed by atoms with E-state index >= 15 is 0 Å². The molecule has 9 heteroatoms. The van der Waals surface area contributed by atoms with E-state index in [1.165, 1.54) is 18.6 Å². The Balaban J connectivity index is 1.36. The van der Waals surface area contributed by atoms with Gasteiger partial charge in [-0.25, -0.2) is 0 Å². The quantitative estimate of drug-likeness (QED) is 0.590. The second-order valence-electron chi connectivity index (χ2n) is 7.37. The van der Waals surface area contributed by atoms with Crippen molar-refractivity contribution < 1.29 is 9.59 Å². The van der Waals surface area contributed by atoms with E-state index in [0.29, 0.717) is 33.4 Å². The van der Waals surface area contributed by atoms with Gasteiger partial charge in [-0.1, -0.05) is 29.6 Å². The van der Waals surface area contributed by atoms with Gasteiger partial charge in [-0.3, -0.25) is 9.59 Å². The maximum Gasteiger partial charge on any atom is 0.255 e. The zero-order valence-electron chi connectivity index (χ0n) is 16.7. The molecule has 31 heavy (non-hydrogen) atoms. The first kappa shape index (κ1) is 21.3. The molecule has 1 aliphatic heterocycles. The van der Waals surface area contributed by atoms with Crippen LogP contribution in [0.15, 0.2) is 42.5 Å². The van der Waals surface area contributed by atoms with Gasteiger partial charge in [-0.15, -0.1) is 10.2 Å². The summed E-state index contributed by atoms with van der Waals surface area (Å²) in [6.45, 7) is 1.21. The molecule has 0 bridgehead atoms. The molecule has 0 atom stereocenters. The molecule has 1 aliphatic rings. The number of fused-ring (bicyclic) bond motifs is 1. The molecule has 0 radical (unpaired) electrons. The van der Waals surface area contributed by atoms with Crippen LogP contribution in [0, 0.1) is 0 Å². The number of hydrogen-bond donors (Lipinski definition) is 2. The average molecular weight is 458 g/mol. The van der Waals surface area contributed by atoms with Crippen molar-refractivity contribution in [2.75, 3.05) is 5.32 Å². The summed E-state index contributed by atoms with van der Waals surface area (Å²) < 4.78 is 2.11. The molecule has 0 saturated heterocycles. The Hall–Kier alpha value is -2.90. The number of aromatic nitrogens is 3. The van der Waals surface area contributed by atoms with E-state index in [9.17, 15) is 9.59 Å². The first-order valence-electron chi connectivity index (χ1n) is 10.1. The highest BCUT2D eigenvalue weighted by Gasteiger charge is 2.16. The van der Waals surface area contributed by atoms with E-state index in [1.54, 1.807) is 30.3 Å². The van der Waals surface area contributed by atoms with Crippen molar-refractivity contribution >= 4 is 40.7 Å². The molecule has 7 nitrogen and oxygen atoms in total. The van der Waals surface area contributed by atoms with Crippen LogP contribution in [-0.4, -0.2) is 26.6 Å². The van der Waals surface area contributed by atoms with E-state index in [1.807, 2.05) is 0 Å². The minimum Gasteiger partial charge on any atom is -0.345 e. The third-order valence-corrected chi connectivity index (χ3v) is 5.56. The summed E-state index contributed by atoms with van der Waals surface area (Å²) in [5.74, 6) is 1.21. The summed E-state index contributed by atoms with van der Waals surface area (Å²) in [5.41, 5.74) is 1.39. The number of carbonyl (C=O) groups excluding carboxylic acids is 2. The first-order valence-corrected chi connectivity index (χ1v) is 10.8. The predicted molar refractivity (Wildman–Crippen MR) is 120 cm³/mol. The second-order valence-corrected chi connectivity index (χ2v) is 8.24. The number of nitrogens with one attached hydrogen (secondary N) is 2. The topological polar surface area (TPSA) is 88.9 Å². The van der Waals surface area contributed by atoms with Gasteiger partial charge >= 0.3 is 0 Å². The lowest BCUT2D eigenvalue weighted by Crippen LogP contribution is -2.25. The number of carbonyl (C=O) groups is 2. The van der Waals surface area contributed by atoms with Gasteiger partial charge in [0.05, 0.1) is 6.54 Å². The maximum absolute atomic E-state index is 12.5. The third-order valence-electron chi connectivity index (χ3n) is 5.12. The van der Waals surface area contributed by atoms with Crippen molar-refractivity contribution in [3.05, 3.63) is 75.3 Å². The zero-order valence-corrected chi connectivity index (χ0v) is 18.2. The first-order chi connectivity index (χ1) is 15.0. The Bertz CT molecular complexity index is 1090. The minimum absolute atomic E-state index is 0.217. The zero-order chi connectivity index (χ0) is 21.8. The van der Waals surface area contributed by atoms with E-state index in [4.69, 9.17) is 23.2 Å². The summed E-state index contributed by atoms with van der Waals surface area (Å²) in [6, 6.07) is 11.3. The van der Waals surface area contributed by atoms with E-state index in [0.717, 1.165) is 37.5 Å². The normalized spacial score (nSPS) is 13.2. The molecule has 2 aromatic carbocycles. The minimum atomic E-state index is -0.339.